The lowest BCUT2D eigenvalue weighted by Gasteiger charge is -2.31. The summed E-state index contributed by atoms with van der Waals surface area (Å²) >= 11 is 6.39. The first-order valence-corrected chi connectivity index (χ1v) is 43.2. The first kappa shape index (κ1) is 98.3. The van der Waals surface area contributed by atoms with Gasteiger partial charge in [0.25, 0.3) is 17.7 Å². The fourth-order valence-corrected chi connectivity index (χ4v) is 14.9. The molecule has 7 heterocycles. The highest BCUT2D eigenvalue weighted by molar-refractivity contribution is 9.14. The third-order valence-corrected chi connectivity index (χ3v) is 23.0. The number of aliphatic hydroxyl groups is 1. The van der Waals surface area contributed by atoms with Crippen molar-refractivity contribution in [3.8, 4) is 17.2 Å². The number of aryl methyl sites for hydroxylation is 1. The van der Waals surface area contributed by atoms with Crippen LogP contribution in [0.4, 0.5) is 32.3 Å². The number of ketones is 2. The number of nitrogens with zero attached hydrogens (tertiary/aromatic N) is 4. The molecular formula is C86H111Br2N11O26. The number of ether oxygens (including phenoxy) is 11. The van der Waals surface area contributed by atoms with Gasteiger partial charge in [-0.05, 0) is 150 Å². The Morgan fingerprint density at radius 3 is 1.78 bits per heavy atom. The van der Waals surface area contributed by atoms with Crippen LogP contribution >= 0.6 is 31.9 Å². The number of aliphatic hydroxyl groups excluding tert-OH is 1. The number of carboxylic acid groups (broad SMARTS) is 1. The van der Waals surface area contributed by atoms with Crippen LogP contribution in [0.2, 0.25) is 0 Å². The summed E-state index contributed by atoms with van der Waals surface area (Å²) in [6, 6.07) is 13.7. The SMILES string of the molecule is C=C1C[C@H]2C(O)N3C(=O)OCc4ccc(cc4)NC(=O)[C@H](C)CC(=O)[C@H](C)NC(=O)CCOCCOCCOCCCC(=O)C(Br)=C(Br)C(=O)NCCOCCOCCOCCC(=O)N[C@@H](CCCCN)C(=O)N[C@@H](CC(=O)O)C(=O)Nc4ccc(cc4)COC(=O)N4C[C@@H]5CCCN5C(=O)c5cc(OC)c(cc54)OCCCOc4cc3c(cc4C)C(=O)N2C1. The predicted molar refractivity (Wildman–Crippen MR) is 460 cm³/mol. The van der Waals surface area contributed by atoms with Crippen molar-refractivity contribution in [2.45, 2.75) is 154 Å². The number of allylic oxidation sites excluding steroid dienone is 1. The Balaban J connectivity index is 0.834. The molecule has 2 saturated heterocycles. The van der Waals surface area contributed by atoms with Gasteiger partial charge in [0.2, 0.25) is 29.5 Å². The normalized spacial score (nSPS) is 23.1. The van der Waals surface area contributed by atoms with E-state index in [0.29, 0.717) is 73.1 Å². The minimum Gasteiger partial charge on any atom is -0.493 e. The second-order valence-corrected chi connectivity index (χ2v) is 31.9. The third kappa shape index (κ3) is 29.6. The number of carboxylic acids is 1. The zero-order valence-corrected chi connectivity index (χ0v) is 73.7. The Morgan fingerprint density at radius 1 is 0.592 bits per heavy atom. The molecule has 0 radical (unpaired) electrons. The molecule has 4 aromatic rings. The van der Waals surface area contributed by atoms with Gasteiger partial charge in [0.1, 0.15) is 35.5 Å². The number of aliphatic carboxylic acids is 1. The Bertz CT molecular complexity index is 4500. The van der Waals surface area contributed by atoms with Crippen LogP contribution in [-0.2, 0) is 94.3 Å². The van der Waals surface area contributed by atoms with E-state index < -0.39 is 102 Å². The number of anilines is 4. The summed E-state index contributed by atoms with van der Waals surface area (Å²) in [6.07, 6.45) is -1.34. The maximum atomic E-state index is 14.4. The van der Waals surface area contributed by atoms with Crippen LogP contribution in [-0.4, -0.2) is 266 Å². The van der Waals surface area contributed by atoms with Crippen LogP contribution in [0, 0.1) is 12.8 Å². The van der Waals surface area contributed by atoms with Gasteiger partial charge in [-0.1, -0.05) is 43.3 Å². The summed E-state index contributed by atoms with van der Waals surface area (Å²) in [5, 5.41) is 37.8. The number of nitrogens with one attached hydrogen (secondary N) is 6. The van der Waals surface area contributed by atoms with Crippen molar-refractivity contribution in [1.82, 2.24) is 31.1 Å². The summed E-state index contributed by atoms with van der Waals surface area (Å²) in [4.78, 5) is 181. The largest absolute Gasteiger partial charge is 0.493 e. The highest BCUT2D eigenvalue weighted by atomic mass is 79.9. The molecule has 125 heavy (non-hydrogen) atoms. The van der Waals surface area contributed by atoms with Gasteiger partial charge >= 0.3 is 18.2 Å². The van der Waals surface area contributed by atoms with Crippen molar-refractivity contribution in [3.63, 3.8) is 0 Å². The maximum Gasteiger partial charge on any atom is 0.416 e. The summed E-state index contributed by atoms with van der Waals surface area (Å²) < 4.78 is 63.5. The molecule has 8 bridgehead atoms. The van der Waals surface area contributed by atoms with E-state index in [2.05, 4.69) is 70.3 Å². The summed E-state index contributed by atoms with van der Waals surface area (Å²) in [5.41, 5.74) is 8.97. The summed E-state index contributed by atoms with van der Waals surface area (Å²) in [6.45, 7) is 11.3. The van der Waals surface area contributed by atoms with Gasteiger partial charge in [0, 0.05) is 94.3 Å². The minimum absolute atomic E-state index is 0.00473. The van der Waals surface area contributed by atoms with Crippen molar-refractivity contribution >= 4 is 132 Å². The quantitative estimate of drug-likeness (QED) is 0.0680. The molecule has 11 rings (SSSR count). The van der Waals surface area contributed by atoms with E-state index in [1.807, 2.05) is 0 Å². The monoisotopic (exact) mass is 1870 g/mol. The number of carbonyl (C=O) groups excluding carboxylic acids is 12. The lowest BCUT2D eigenvalue weighted by atomic mass is 10.00. The second-order valence-electron chi connectivity index (χ2n) is 30.3. The van der Waals surface area contributed by atoms with E-state index in [9.17, 15) is 72.5 Å². The number of halogens is 2. The Morgan fingerprint density at radius 2 is 1.16 bits per heavy atom. The first-order chi connectivity index (χ1) is 60.1. The smallest absolute Gasteiger partial charge is 0.416 e. The highest BCUT2D eigenvalue weighted by Gasteiger charge is 2.47. The van der Waals surface area contributed by atoms with Crippen LogP contribution in [0.5, 0.6) is 17.2 Å². The number of Topliss-reactive ketones (excluding diaryl/α,β-unsaturated/α-hetero) is 2. The number of hydrogen-bond donors (Lipinski definition) is 9. The average Bonchev–Trinajstić information content (AvgIpc) is 1.61. The van der Waals surface area contributed by atoms with E-state index >= 15 is 0 Å². The number of hydrogen-bond acceptors (Lipinski definition) is 26. The predicted octanol–water partition coefficient (Wildman–Crippen LogP) is 6.77. The molecule has 0 aromatic heterocycles. The third-order valence-electron chi connectivity index (χ3n) is 20.9. The van der Waals surface area contributed by atoms with Gasteiger partial charge in [-0.2, -0.15) is 0 Å². The molecule has 7 aliphatic heterocycles. The van der Waals surface area contributed by atoms with Crippen LogP contribution in [0.3, 0.4) is 0 Å². The van der Waals surface area contributed by atoms with E-state index in [1.165, 1.54) is 54.2 Å². The Kier molecular flexibility index (Phi) is 39.3. The van der Waals surface area contributed by atoms with Crippen molar-refractivity contribution in [2.75, 3.05) is 153 Å². The maximum absolute atomic E-state index is 14.4. The number of fused-ring (bicyclic) bond motifs is 4. The van der Waals surface area contributed by atoms with Gasteiger partial charge in [-0.25, -0.2) is 14.5 Å². The van der Waals surface area contributed by atoms with E-state index in [-0.39, 0.29) is 248 Å². The number of amides is 10. The molecule has 39 heteroatoms. The Hall–Kier alpha value is -10.5. The molecular weight excluding hydrogens is 1760 g/mol. The van der Waals surface area contributed by atoms with E-state index in [0.717, 1.165) is 4.90 Å². The number of unbranched alkanes of at least 4 members (excludes halogenated alkanes) is 1. The molecule has 0 saturated carbocycles. The van der Waals surface area contributed by atoms with Crippen LogP contribution < -0.4 is 61.6 Å². The fourth-order valence-electron chi connectivity index (χ4n) is 14.1. The van der Waals surface area contributed by atoms with Crippen molar-refractivity contribution < 1.29 is 125 Å². The van der Waals surface area contributed by atoms with Gasteiger partial charge in [0.15, 0.2) is 29.3 Å². The van der Waals surface area contributed by atoms with E-state index in [4.69, 9.17) is 57.8 Å². The number of methoxy groups -OCH3 is 1. The number of carbonyl (C=O) groups is 13. The second kappa shape index (κ2) is 50.0. The summed E-state index contributed by atoms with van der Waals surface area (Å²) in [5.74, 6) is -6.69. The zero-order chi connectivity index (χ0) is 90.1. The van der Waals surface area contributed by atoms with Gasteiger partial charge < -0.3 is 110 Å². The van der Waals surface area contributed by atoms with Crippen LogP contribution in [0.25, 0.3) is 0 Å². The zero-order valence-electron chi connectivity index (χ0n) is 70.5. The molecule has 10 amide bonds. The molecule has 2 fully saturated rings. The molecule has 7 aliphatic rings. The number of benzene rings is 4. The molecule has 37 nitrogen and oxygen atoms in total. The molecule has 1 unspecified atom stereocenters. The molecule has 4 aromatic carbocycles. The lowest BCUT2D eigenvalue weighted by molar-refractivity contribution is -0.140. The van der Waals surface area contributed by atoms with Crippen molar-refractivity contribution in [1.29, 1.82) is 0 Å². The van der Waals surface area contributed by atoms with Crippen LogP contribution in [0.15, 0.2) is 93.9 Å². The average molecular weight is 1870 g/mol. The van der Waals surface area contributed by atoms with E-state index in [1.54, 1.807) is 61.2 Å². The fraction of sp³-hybridized carbons (Fsp3) is 0.523. The highest BCUT2D eigenvalue weighted by Crippen LogP contribution is 2.42. The number of nitrogens with two attached hydrogens (primary N) is 1. The van der Waals surface area contributed by atoms with Crippen molar-refractivity contribution in [3.05, 3.63) is 122 Å². The molecule has 10 N–H and O–H groups in total. The van der Waals surface area contributed by atoms with Gasteiger partial charge in [-0.3, -0.25) is 57.6 Å². The lowest BCUT2D eigenvalue weighted by Crippen LogP contribution is -2.53. The Labute approximate surface area is 740 Å². The topological polar surface area (TPSA) is 475 Å². The summed E-state index contributed by atoms with van der Waals surface area (Å²) in [7, 11) is 1.41. The minimum atomic E-state index is -1.59. The standard InChI is InChI=1S/C86H111Br2N11O26/c1-52-41-67-84(112)99-66-47-70(53(2)42-61(66)83(111)97(67)48-52)122-28-10-29-123-72-46-65-62(44-71(72)115-5)82(110)96-26-8-11-60(96)49-98(65)85(113)124-50-56-16-20-59(21-17-56)93-80(108)64(45-75(104)105)95-79(107)63(12-6-7-24-89)94-74(103)23-31-118-35-39-121-40-36-119-32-25-90-81(109)77(88)76(87)68(100)13-9-27-116-33-37-120-38-34-117-30-22-73(102)91-55(4)69(101)43-54(3)78(106)92-58-18-14-57(15-19-58)51-125-86(99)114/h14-21,42,44,46-47,54-55,60,63-64,67,84,112H,1,6-13,22-41,43,45,48-51,89H2,2-5H3,(H,90,109)(H,91,102)(H,92,106)(H,93,108)(H,94,103)(H,95,107)(H,104,105)/t54-,55+,60+,63+,64+,67+,84?/m1/s1. The van der Waals surface area contributed by atoms with Crippen molar-refractivity contribution in [2.24, 2.45) is 11.7 Å². The molecule has 680 valence electrons. The van der Waals surface area contributed by atoms with Crippen LogP contribution in [0.1, 0.15) is 135 Å². The molecule has 7 atom stereocenters. The van der Waals surface area contributed by atoms with Gasteiger partial charge in [0.05, 0.1) is 145 Å². The number of rotatable bonds is 7. The van der Waals surface area contributed by atoms with Gasteiger partial charge in [-0.15, -0.1) is 0 Å². The first-order valence-electron chi connectivity index (χ1n) is 41.6. The molecule has 0 spiro atoms. The molecule has 0 aliphatic carbocycles.